The zero-order valence-corrected chi connectivity index (χ0v) is 13.8. The first-order valence-electron chi connectivity index (χ1n) is 5.76. The van der Waals surface area contributed by atoms with E-state index in [0.29, 0.717) is 12.0 Å². The highest BCUT2D eigenvalue weighted by atomic mass is 127. The summed E-state index contributed by atoms with van der Waals surface area (Å²) in [6.07, 6.45) is 0.510. The summed E-state index contributed by atoms with van der Waals surface area (Å²) in [5.41, 5.74) is 4.49. The minimum absolute atomic E-state index is 0.108. The second-order valence-electron chi connectivity index (χ2n) is 4.18. The molecule has 0 aromatic heterocycles. The predicted molar refractivity (Wildman–Crippen MR) is 87.0 cm³/mol. The number of hydrogen-bond acceptors (Lipinski definition) is 2. The first-order valence-corrected chi connectivity index (χ1v) is 7.63. The van der Waals surface area contributed by atoms with Crippen molar-refractivity contribution in [2.45, 2.75) is 12.5 Å². The molecule has 2 nitrogen and oxygen atoms in total. The lowest BCUT2D eigenvalue weighted by atomic mass is 9.99. The third-order valence-electron chi connectivity index (χ3n) is 2.92. The minimum Gasteiger partial charge on any atom is -0.271 e. The summed E-state index contributed by atoms with van der Waals surface area (Å²) in [6, 6.07) is 12.9. The molecule has 1 unspecified atom stereocenters. The normalized spacial score (nSPS) is 12.4. The van der Waals surface area contributed by atoms with Crippen molar-refractivity contribution in [1.82, 2.24) is 5.43 Å². The van der Waals surface area contributed by atoms with E-state index in [1.807, 2.05) is 30.3 Å². The van der Waals surface area contributed by atoms with E-state index in [-0.39, 0.29) is 11.9 Å². The van der Waals surface area contributed by atoms with Crippen LogP contribution in [-0.2, 0) is 6.42 Å². The van der Waals surface area contributed by atoms with Gasteiger partial charge in [0.05, 0.1) is 6.04 Å². The van der Waals surface area contributed by atoms with E-state index in [1.165, 1.54) is 6.07 Å². The second kappa shape index (κ2) is 6.78. The fraction of sp³-hybridized carbons (Fsp3) is 0.143. The van der Waals surface area contributed by atoms with E-state index >= 15 is 0 Å². The molecule has 0 amide bonds. The van der Waals surface area contributed by atoms with Gasteiger partial charge in [-0.1, -0.05) is 40.2 Å². The average Bonchev–Trinajstić information content (AvgIpc) is 2.39. The van der Waals surface area contributed by atoms with Crippen LogP contribution in [0.25, 0.3) is 0 Å². The van der Waals surface area contributed by atoms with Gasteiger partial charge in [-0.25, -0.2) is 4.39 Å². The van der Waals surface area contributed by atoms with Crippen molar-refractivity contribution in [3.05, 3.63) is 67.5 Å². The lowest BCUT2D eigenvalue weighted by Gasteiger charge is -2.18. The monoisotopic (exact) mass is 434 g/mol. The molecule has 1 atom stereocenters. The fourth-order valence-electron chi connectivity index (χ4n) is 1.92. The SMILES string of the molecule is NNC(Cc1ccc(Br)cc1F)c1ccccc1I. The fourth-order valence-corrected chi connectivity index (χ4v) is 3.02. The van der Waals surface area contributed by atoms with Crippen molar-refractivity contribution in [3.63, 3.8) is 0 Å². The Kier molecular flexibility index (Phi) is 5.32. The number of hydrazine groups is 1. The van der Waals surface area contributed by atoms with Crippen molar-refractivity contribution in [1.29, 1.82) is 0 Å². The van der Waals surface area contributed by atoms with Gasteiger partial charge in [-0.3, -0.25) is 11.3 Å². The molecule has 2 aromatic rings. The van der Waals surface area contributed by atoms with Crippen molar-refractivity contribution < 1.29 is 4.39 Å². The largest absolute Gasteiger partial charge is 0.271 e. The van der Waals surface area contributed by atoms with E-state index in [1.54, 1.807) is 6.07 Å². The lowest BCUT2D eigenvalue weighted by molar-refractivity contribution is 0.527. The van der Waals surface area contributed by atoms with Gasteiger partial charge in [-0.2, -0.15) is 0 Å². The van der Waals surface area contributed by atoms with Crippen LogP contribution in [-0.4, -0.2) is 0 Å². The molecule has 0 heterocycles. The van der Waals surface area contributed by atoms with Crippen LogP contribution >= 0.6 is 38.5 Å². The van der Waals surface area contributed by atoms with Gasteiger partial charge in [0.1, 0.15) is 5.82 Å². The molecule has 5 heteroatoms. The number of halogens is 3. The van der Waals surface area contributed by atoms with Gasteiger partial charge in [-0.15, -0.1) is 0 Å². The van der Waals surface area contributed by atoms with Gasteiger partial charge in [0.25, 0.3) is 0 Å². The highest BCUT2D eigenvalue weighted by Crippen LogP contribution is 2.25. The summed E-state index contributed by atoms with van der Waals surface area (Å²) in [7, 11) is 0. The molecule has 3 N–H and O–H groups in total. The van der Waals surface area contributed by atoms with Crippen LogP contribution in [0.1, 0.15) is 17.2 Å². The van der Waals surface area contributed by atoms with Crippen molar-refractivity contribution in [3.8, 4) is 0 Å². The molecular formula is C14H13BrFIN2. The number of benzene rings is 2. The summed E-state index contributed by atoms with van der Waals surface area (Å²) in [5.74, 6) is 5.39. The zero-order valence-electron chi connectivity index (χ0n) is 10.0. The van der Waals surface area contributed by atoms with Gasteiger partial charge in [0.2, 0.25) is 0 Å². The minimum atomic E-state index is -0.222. The highest BCUT2D eigenvalue weighted by Gasteiger charge is 2.15. The van der Waals surface area contributed by atoms with Crippen LogP contribution in [0.4, 0.5) is 4.39 Å². The van der Waals surface area contributed by atoms with Crippen LogP contribution < -0.4 is 11.3 Å². The maximum atomic E-state index is 13.9. The van der Waals surface area contributed by atoms with Gasteiger partial charge in [0, 0.05) is 8.04 Å². The molecule has 0 spiro atoms. The lowest BCUT2D eigenvalue weighted by Crippen LogP contribution is -2.30. The summed E-state index contributed by atoms with van der Waals surface area (Å²) in [5, 5.41) is 0. The quantitative estimate of drug-likeness (QED) is 0.434. The van der Waals surface area contributed by atoms with Gasteiger partial charge in [0.15, 0.2) is 0 Å². The van der Waals surface area contributed by atoms with Crippen LogP contribution in [0.15, 0.2) is 46.9 Å². The molecule has 0 aliphatic heterocycles. The van der Waals surface area contributed by atoms with Crippen molar-refractivity contribution >= 4 is 38.5 Å². The Labute approximate surface area is 133 Å². The van der Waals surface area contributed by atoms with Gasteiger partial charge in [-0.05, 0) is 58.3 Å². The van der Waals surface area contributed by atoms with Gasteiger partial charge < -0.3 is 0 Å². The number of hydrogen-bond donors (Lipinski definition) is 2. The number of nitrogens with two attached hydrogens (primary N) is 1. The molecule has 0 saturated carbocycles. The van der Waals surface area contributed by atoms with Crippen molar-refractivity contribution in [2.75, 3.05) is 0 Å². The molecule has 100 valence electrons. The molecule has 19 heavy (non-hydrogen) atoms. The topological polar surface area (TPSA) is 38.0 Å². The molecular weight excluding hydrogens is 422 g/mol. The van der Waals surface area contributed by atoms with E-state index < -0.39 is 0 Å². The van der Waals surface area contributed by atoms with E-state index in [2.05, 4.69) is 43.9 Å². The Hall–Kier alpha value is -0.500. The van der Waals surface area contributed by atoms with Crippen molar-refractivity contribution in [2.24, 2.45) is 5.84 Å². The Morgan fingerprint density at radius 3 is 2.63 bits per heavy atom. The first-order chi connectivity index (χ1) is 9.11. The maximum absolute atomic E-state index is 13.9. The van der Waals surface area contributed by atoms with E-state index in [9.17, 15) is 4.39 Å². The Bertz CT molecular complexity index is 577. The van der Waals surface area contributed by atoms with Gasteiger partial charge >= 0.3 is 0 Å². The van der Waals surface area contributed by atoms with E-state index in [4.69, 9.17) is 5.84 Å². The predicted octanol–water partition coefficient (Wildman–Crippen LogP) is 3.94. The van der Waals surface area contributed by atoms with Crippen LogP contribution in [0.5, 0.6) is 0 Å². The number of nitrogens with one attached hydrogen (secondary N) is 1. The molecule has 0 bridgehead atoms. The molecule has 0 saturated heterocycles. The Balaban J connectivity index is 2.27. The second-order valence-corrected chi connectivity index (χ2v) is 6.26. The van der Waals surface area contributed by atoms with Crippen LogP contribution in [0.2, 0.25) is 0 Å². The zero-order chi connectivity index (χ0) is 13.8. The summed E-state index contributed by atoms with van der Waals surface area (Å²) < 4.78 is 15.7. The number of rotatable bonds is 4. The van der Waals surface area contributed by atoms with Crippen LogP contribution in [0, 0.1) is 9.39 Å². The third-order valence-corrected chi connectivity index (χ3v) is 4.40. The average molecular weight is 435 g/mol. The highest BCUT2D eigenvalue weighted by molar-refractivity contribution is 14.1. The standard InChI is InChI=1S/C14H13BrFIN2/c15-10-6-5-9(12(16)8-10)7-14(19-18)11-3-1-2-4-13(11)17/h1-6,8,14,19H,7,18H2. The molecule has 0 fully saturated rings. The van der Waals surface area contributed by atoms with Crippen LogP contribution in [0.3, 0.4) is 0 Å². The molecule has 2 aromatic carbocycles. The Morgan fingerprint density at radius 2 is 2.00 bits per heavy atom. The summed E-state index contributed by atoms with van der Waals surface area (Å²) >= 11 is 5.51. The van der Waals surface area contributed by atoms with E-state index in [0.717, 1.165) is 13.6 Å². The summed E-state index contributed by atoms with van der Waals surface area (Å²) in [6.45, 7) is 0. The molecule has 2 rings (SSSR count). The molecule has 0 aliphatic rings. The molecule has 0 aliphatic carbocycles. The first kappa shape index (κ1) is 14.9. The molecule has 0 radical (unpaired) electrons. The smallest absolute Gasteiger partial charge is 0.127 e. The Morgan fingerprint density at radius 1 is 1.26 bits per heavy atom. The summed E-state index contributed by atoms with van der Waals surface area (Å²) in [4.78, 5) is 0. The maximum Gasteiger partial charge on any atom is 0.127 e. The third kappa shape index (κ3) is 3.75.